The summed E-state index contributed by atoms with van der Waals surface area (Å²) >= 11 is 0. The fourth-order valence-electron chi connectivity index (χ4n) is 9.56. The van der Waals surface area contributed by atoms with E-state index < -0.39 is 262 Å². The first-order valence-electron chi connectivity index (χ1n) is 36.0. The van der Waals surface area contributed by atoms with Crippen LogP contribution in [0, 0.1) is 0 Å². The van der Waals surface area contributed by atoms with Crippen LogP contribution in [0.2, 0.25) is 64.5 Å². The molecule has 29 nitrogen and oxygen atoms in total. The van der Waals surface area contributed by atoms with Crippen LogP contribution in [0.5, 0.6) is 0 Å². The van der Waals surface area contributed by atoms with Gasteiger partial charge in [-0.05, 0) is 44.1 Å². The molecule has 4 atom stereocenters. The van der Waals surface area contributed by atoms with Crippen molar-refractivity contribution in [3.8, 4) is 0 Å². The molecule has 2 saturated heterocycles. The summed E-state index contributed by atoms with van der Waals surface area (Å²) in [5.74, 6) is -69.9. The van der Waals surface area contributed by atoms with Crippen LogP contribution in [-0.4, -0.2) is 290 Å². The Bertz CT molecular complexity index is 3700. The summed E-state index contributed by atoms with van der Waals surface area (Å²) in [7, 11) is -33.8. The molecule has 2 aliphatic rings. The Balaban J connectivity index is 0. The van der Waals surface area contributed by atoms with E-state index in [1.54, 1.807) is 6.55 Å². The van der Waals surface area contributed by atoms with Gasteiger partial charge in [0.05, 0.1) is 39.6 Å². The molecule has 1 amide bonds. The third-order valence-corrected chi connectivity index (χ3v) is 46.5. The molecule has 0 aliphatic carbocycles. The minimum Gasteiger partial charge on any atom is -0.492 e. The predicted molar refractivity (Wildman–Crippen MR) is 393 cm³/mol. The van der Waals surface area contributed by atoms with Crippen molar-refractivity contribution in [1.29, 1.82) is 0 Å². The summed E-state index contributed by atoms with van der Waals surface area (Å²) in [5, 5.41) is 2.17. The molecule has 2 fully saturated rings. The highest BCUT2D eigenvalue weighted by molar-refractivity contribution is 6.90. The fraction of sp³-hybridized carbons (Fsp3) is 0.677. The summed E-state index contributed by atoms with van der Waals surface area (Å²) in [6, 6.07) is -1.25. The van der Waals surface area contributed by atoms with Crippen molar-refractivity contribution < 1.29 is 275 Å². The molecule has 1 N–H and O–H groups in total. The molecule has 2 rings (SSSR count). The number of allylic oxidation sites excluding steroid dienone is 1. The third-order valence-electron chi connectivity index (χ3n) is 14.9. The molecule has 4 unspecified atom stereocenters. The molecule has 71 heteroatoms. The van der Waals surface area contributed by atoms with E-state index >= 15 is 0 Å². The van der Waals surface area contributed by atoms with Crippen molar-refractivity contribution in [2.24, 2.45) is 0 Å². The first kappa shape index (κ1) is 129. The lowest BCUT2D eigenvalue weighted by Gasteiger charge is -2.47. The number of carbonyl (C=O) groups is 6. The van der Waals surface area contributed by atoms with Crippen molar-refractivity contribution >= 4 is 106 Å². The average Bonchev–Trinajstić information content (AvgIpc) is 0.693. The largest absolute Gasteiger partial charge is 0.559 e. The number of carbonyl (C=O) groups excluding carboxylic acids is 6. The van der Waals surface area contributed by atoms with Crippen LogP contribution >= 0.6 is 0 Å². The van der Waals surface area contributed by atoms with Crippen LogP contribution in [0.25, 0.3) is 0 Å². The van der Waals surface area contributed by atoms with Gasteiger partial charge in [-0.2, -0.15) is 114 Å². The summed E-state index contributed by atoms with van der Waals surface area (Å²) in [4.78, 5) is 70.0. The van der Waals surface area contributed by atoms with Crippen LogP contribution in [0.4, 0.5) is 149 Å². The Hall–Kier alpha value is -6.48. The van der Waals surface area contributed by atoms with Crippen LogP contribution in [-0.2, 0) is 126 Å². The molecule has 0 saturated carbocycles. The standard InChI is InChI=1S/C30H39F17O13Si4.C30H46F9NO15Si4.2CF4/c1-8-20(48)51-13-16-54-62(5)57-61(4,58-63(6,55-17-14-52-21(49)9-2)60-64(7,59-62)56-18-15-53-22(50)10-3)19-11-12-23(31,32)24(33,34)25(35,36)26(37,38)27(39,40)28(41,42)29(43,44)30(45,46)47;1-9-23(4)44-14-17-51-59(8)54-57(6,49-18-15-45-25(42)10-2)52-56(5,53-58(7,55-59)50-19-16-46-26(43)11-3)20-12-13-40-24(41)21-47-27(31,32)22-48-30(38,39)28(33,34)29(35,36)37;2*2-1(3,4)5/h8-10H,1-3,11-19H2,4-7H3;9-11H,1-4,12-22H2,5-8H3,(H,40,41);;. The number of nitrogens with one attached hydrogen (secondary N) is 1. The maximum absolute atomic E-state index is 15.0. The predicted octanol–water partition coefficient (Wildman–Crippen LogP) is 15.8. The molecular weight excluding hydrogens is 2080 g/mol. The van der Waals surface area contributed by atoms with Crippen LogP contribution < -0.4 is 5.32 Å². The zero-order chi connectivity index (χ0) is 105. The Morgan fingerprint density at radius 2 is 0.549 bits per heavy atom. The smallest absolute Gasteiger partial charge is 0.492 e. The summed E-state index contributed by atoms with van der Waals surface area (Å²) < 4.78 is 552. The Morgan fingerprint density at radius 3 is 0.805 bits per heavy atom. The molecule has 0 bridgehead atoms. The summed E-state index contributed by atoms with van der Waals surface area (Å²) in [6.07, 6.45) is -36.1. The first-order valence-corrected chi connectivity index (χ1v) is 54.4. The number of rotatable bonds is 52. The third kappa shape index (κ3) is 42.8. The number of amides is 1. The van der Waals surface area contributed by atoms with Crippen molar-refractivity contribution in [1.82, 2.24) is 5.32 Å². The van der Waals surface area contributed by atoms with Gasteiger partial charge in [-0.3, -0.25) is 4.79 Å². The molecule has 2 aliphatic heterocycles. The second-order valence-corrected chi connectivity index (χ2v) is 50.5. The van der Waals surface area contributed by atoms with E-state index in [0.29, 0.717) is 0 Å². The highest BCUT2D eigenvalue weighted by atomic mass is 28.6. The van der Waals surface area contributed by atoms with Gasteiger partial charge in [0.15, 0.2) is 0 Å². The van der Waals surface area contributed by atoms with Gasteiger partial charge in [-0.1, -0.05) is 46.1 Å². The average molecular weight is 2160 g/mol. The zero-order valence-electron chi connectivity index (χ0n) is 69.8. The minimum atomic E-state index is -8.79. The van der Waals surface area contributed by atoms with E-state index in [1.165, 1.54) is 25.7 Å². The number of hydrogen-bond donors (Lipinski definition) is 1. The normalized spacial score (nSPS) is 23.4. The van der Waals surface area contributed by atoms with E-state index in [0.717, 1.165) is 56.6 Å². The van der Waals surface area contributed by atoms with E-state index in [9.17, 15) is 178 Å². The summed E-state index contributed by atoms with van der Waals surface area (Å²) in [6.45, 7) is 24.1. The van der Waals surface area contributed by atoms with E-state index in [4.69, 9.17) is 87.9 Å². The molecule has 133 heavy (non-hydrogen) atoms. The molecule has 0 spiro atoms. The van der Waals surface area contributed by atoms with E-state index in [-0.39, 0.29) is 64.4 Å². The van der Waals surface area contributed by atoms with Crippen molar-refractivity contribution in [3.63, 3.8) is 0 Å². The first-order chi connectivity index (χ1) is 59.6. The van der Waals surface area contributed by atoms with Gasteiger partial charge >= 0.3 is 185 Å². The molecule has 0 aromatic rings. The van der Waals surface area contributed by atoms with Gasteiger partial charge < -0.3 is 103 Å². The number of halogens is 34. The second-order valence-electron chi connectivity index (χ2n) is 26.3. The van der Waals surface area contributed by atoms with Crippen LogP contribution in [0.15, 0.2) is 88.3 Å². The minimum absolute atomic E-state index is 0.0272. The lowest BCUT2D eigenvalue weighted by Crippen LogP contribution is -2.74. The number of alkyl halides is 34. The highest BCUT2D eigenvalue weighted by Gasteiger charge is 2.95. The van der Waals surface area contributed by atoms with Crippen molar-refractivity contribution in [2.75, 3.05) is 99.0 Å². The zero-order valence-corrected chi connectivity index (χ0v) is 77.8. The Kier molecular flexibility index (Phi) is 49.2. The Labute approximate surface area is 740 Å². The van der Waals surface area contributed by atoms with Crippen molar-refractivity contribution in [2.45, 2.75) is 169 Å². The molecule has 0 aromatic heterocycles. The van der Waals surface area contributed by atoms with E-state index in [1.807, 2.05) is 0 Å². The molecule has 0 aromatic carbocycles. The molecule has 0 radical (unpaired) electrons. The molecular formula is C62H85F34NO28Si8. The van der Waals surface area contributed by atoms with Crippen LogP contribution in [0.3, 0.4) is 0 Å². The number of esters is 5. The quantitative estimate of drug-likeness (QED) is 0.00864. The van der Waals surface area contributed by atoms with Gasteiger partial charge in [0.1, 0.15) is 58.6 Å². The van der Waals surface area contributed by atoms with Gasteiger partial charge in [-0.15, -0.1) is 35.1 Å². The molecule has 2 heterocycles. The number of ether oxygens (including phenoxy) is 8. The van der Waals surface area contributed by atoms with Crippen molar-refractivity contribution in [3.05, 3.63) is 88.3 Å². The van der Waals surface area contributed by atoms with Crippen LogP contribution in [0.1, 0.15) is 19.3 Å². The SMILES string of the molecule is C=CC(=C)OCCO[Si]1(C)O[Si](C)(OCCOC(=O)C=C)O[Si](C)(CCCNC(=O)COC(F)(F)COC(F)(F)C(F)(F)C(F)(F)F)O[Si](C)(OCCOC(=O)C=C)O1.C=CC(=O)OCCO[Si]1(C)O[Si](C)(CCCC(F)(F)C(F)(F)C(F)(F)C(F)(F)C(F)(F)C(F)(F)C(F)(F)C(F)(F)F)O[Si](C)(OCCOC(=O)C=C)O[Si](C)(OCCOC(=O)C=C)O1.FC(F)(F)F.FC(F)(F)F. The van der Waals surface area contributed by atoms with E-state index in [2.05, 4.69) is 60.8 Å². The highest BCUT2D eigenvalue weighted by Crippen LogP contribution is 2.65. The van der Waals surface area contributed by atoms with Gasteiger partial charge in [0.2, 0.25) is 5.91 Å². The fourth-order valence-corrected chi connectivity index (χ4v) is 46.0. The lowest BCUT2D eigenvalue weighted by molar-refractivity contribution is -0.461. The van der Waals surface area contributed by atoms with Gasteiger partial charge in [-0.25, -0.2) is 24.0 Å². The number of hydrogen-bond acceptors (Lipinski definition) is 28. The monoisotopic (exact) mass is 2160 g/mol. The molecule has 776 valence electrons. The second kappa shape index (κ2) is 50.9. The lowest BCUT2D eigenvalue weighted by atomic mass is 9.88. The van der Waals surface area contributed by atoms with Gasteiger partial charge in [0.25, 0.3) is 0 Å². The summed E-state index contributed by atoms with van der Waals surface area (Å²) in [5.41, 5.74) is 0. The topological polar surface area (TPSA) is 318 Å². The Morgan fingerprint density at radius 1 is 0.308 bits per heavy atom. The maximum atomic E-state index is 15.0. The maximum Gasteiger partial charge on any atom is 0.559 e. The van der Waals surface area contributed by atoms with Gasteiger partial charge in [0, 0.05) is 82.6 Å².